The minimum absolute atomic E-state index is 0.0497. The van der Waals surface area contributed by atoms with Gasteiger partial charge in [-0.15, -0.1) is 0 Å². The van der Waals surface area contributed by atoms with Gasteiger partial charge in [0.15, 0.2) is 0 Å². The molecule has 0 heteroatoms. The highest BCUT2D eigenvalue weighted by atomic mass is 14.5. The first-order valence-electron chi connectivity index (χ1n) is 16.8. The van der Waals surface area contributed by atoms with Gasteiger partial charge in [-0.1, -0.05) is 186 Å². The molecule has 0 aromatic heterocycles. The molecule has 0 heterocycles. The molecule has 0 amide bonds. The first-order chi connectivity index (χ1) is 21.1. The summed E-state index contributed by atoms with van der Waals surface area (Å²) in [5.41, 5.74) is 13.9. The normalized spacial score (nSPS) is 13.6. The van der Waals surface area contributed by atoms with E-state index in [0.717, 1.165) is 0 Å². The van der Waals surface area contributed by atoms with E-state index in [1.54, 1.807) is 11.1 Å². The third-order valence-corrected chi connectivity index (χ3v) is 9.44. The van der Waals surface area contributed by atoms with Crippen molar-refractivity contribution in [3.8, 4) is 11.1 Å². The van der Waals surface area contributed by atoms with Gasteiger partial charge in [-0.25, -0.2) is 0 Å². The van der Waals surface area contributed by atoms with Crippen LogP contribution in [0.15, 0.2) is 84.9 Å². The molecule has 0 saturated carbocycles. The lowest BCUT2D eigenvalue weighted by atomic mass is 9.69. The summed E-state index contributed by atoms with van der Waals surface area (Å²) >= 11 is 0. The van der Waals surface area contributed by atoms with Crippen LogP contribution in [0.2, 0.25) is 0 Å². The van der Waals surface area contributed by atoms with Crippen molar-refractivity contribution in [2.45, 2.75) is 97.3 Å². The Kier molecular flexibility index (Phi) is 10.5. The van der Waals surface area contributed by atoms with Gasteiger partial charge in [0.25, 0.3) is 0 Å². The van der Waals surface area contributed by atoms with Crippen LogP contribution >= 0.6 is 0 Å². The average Bonchev–Trinajstić information content (AvgIpc) is 3.32. The Morgan fingerprint density at radius 3 is 1.58 bits per heavy atom. The Morgan fingerprint density at radius 2 is 1.02 bits per heavy atom. The lowest BCUT2D eigenvalue weighted by Gasteiger charge is -2.34. The van der Waals surface area contributed by atoms with Crippen molar-refractivity contribution in [3.63, 3.8) is 0 Å². The SMILES string of the molecule is CCCCCCC1(CCCCCC)c2ccccc2-c2c(/C=C/c3ccc(C)cc3)ccc(/C=C/c3ccc(C)cc3)c21. The lowest BCUT2D eigenvalue weighted by molar-refractivity contribution is 0.400. The Hall–Kier alpha value is -3.64. The van der Waals surface area contributed by atoms with Gasteiger partial charge in [0, 0.05) is 5.41 Å². The molecule has 222 valence electrons. The maximum Gasteiger partial charge on any atom is 0.0221 e. The second-order valence-corrected chi connectivity index (χ2v) is 12.7. The largest absolute Gasteiger partial charge is 0.0654 e. The predicted molar refractivity (Wildman–Crippen MR) is 190 cm³/mol. The molecule has 4 aromatic carbocycles. The molecule has 0 fully saturated rings. The van der Waals surface area contributed by atoms with Gasteiger partial charge in [-0.2, -0.15) is 0 Å². The van der Waals surface area contributed by atoms with Gasteiger partial charge in [0.2, 0.25) is 0 Å². The number of fused-ring (bicyclic) bond motifs is 3. The summed E-state index contributed by atoms with van der Waals surface area (Å²) in [4.78, 5) is 0. The second-order valence-electron chi connectivity index (χ2n) is 12.7. The molecule has 5 rings (SSSR count). The number of hydrogen-bond donors (Lipinski definition) is 0. The predicted octanol–water partition coefficient (Wildman–Crippen LogP) is 12.9. The second kappa shape index (κ2) is 14.7. The smallest absolute Gasteiger partial charge is 0.0221 e. The van der Waals surface area contributed by atoms with Crippen LogP contribution in [-0.2, 0) is 5.41 Å². The van der Waals surface area contributed by atoms with Gasteiger partial charge in [-0.3, -0.25) is 0 Å². The number of rotatable bonds is 14. The summed E-state index contributed by atoms with van der Waals surface area (Å²) in [7, 11) is 0. The van der Waals surface area contributed by atoms with E-state index < -0.39 is 0 Å². The first-order valence-corrected chi connectivity index (χ1v) is 16.8. The van der Waals surface area contributed by atoms with Crippen LogP contribution in [0, 0.1) is 13.8 Å². The van der Waals surface area contributed by atoms with Crippen molar-refractivity contribution in [3.05, 3.63) is 129 Å². The van der Waals surface area contributed by atoms with E-state index in [4.69, 9.17) is 0 Å². The summed E-state index contributed by atoms with van der Waals surface area (Å²) in [5, 5.41) is 0. The van der Waals surface area contributed by atoms with E-state index in [2.05, 4.69) is 137 Å². The van der Waals surface area contributed by atoms with Crippen LogP contribution in [0.3, 0.4) is 0 Å². The van der Waals surface area contributed by atoms with Gasteiger partial charge in [-0.05, 0) is 71.2 Å². The number of hydrogen-bond acceptors (Lipinski definition) is 0. The van der Waals surface area contributed by atoms with E-state index in [1.165, 1.54) is 109 Å². The van der Waals surface area contributed by atoms with Crippen molar-refractivity contribution in [1.29, 1.82) is 0 Å². The number of aryl methyl sites for hydroxylation is 2. The minimum atomic E-state index is 0.0497. The standard InChI is InChI=1S/C43H50/c1-5-7-9-13-31-43(32-14-10-8-6-2)40-16-12-11-15-39(40)41-37(27-25-35-21-17-33(3)18-22-35)29-30-38(42(41)43)28-26-36-23-19-34(4)20-24-36/h11-12,15-30H,5-10,13-14,31-32H2,1-4H3/b27-25+,28-26+. The molecule has 0 radical (unpaired) electrons. The van der Waals surface area contributed by atoms with Gasteiger partial charge in [0.1, 0.15) is 0 Å². The highest BCUT2D eigenvalue weighted by Gasteiger charge is 2.44. The molecular weight excluding hydrogens is 516 g/mol. The molecule has 0 aliphatic heterocycles. The molecule has 1 aliphatic carbocycles. The summed E-state index contributed by atoms with van der Waals surface area (Å²) in [6.45, 7) is 8.95. The quantitative estimate of drug-likeness (QED) is 0.105. The van der Waals surface area contributed by atoms with E-state index >= 15 is 0 Å². The Labute approximate surface area is 261 Å². The molecule has 43 heavy (non-hydrogen) atoms. The van der Waals surface area contributed by atoms with Crippen molar-refractivity contribution in [2.24, 2.45) is 0 Å². The Balaban J connectivity index is 1.68. The van der Waals surface area contributed by atoms with E-state index in [9.17, 15) is 0 Å². The van der Waals surface area contributed by atoms with Crippen molar-refractivity contribution in [1.82, 2.24) is 0 Å². The van der Waals surface area contributed by atoms with Crippen molar-refractivity contribution in [2.75, 3.05) is 0 Å². The summed E-state index contributed by atoms with van der Waals surface area (Å²) < 4.78 is 0. The van der Waals surface area contributed by atoms with Gasteiger partial charge < -0.3 is 0 Å². The third-order valence-electron chi connectivity index (χ3n) is 9.44. The maximum absolute atomic E-state index is 2.45. The molecule has 0 unspecified atom stereocenters. The third kappa shape index (κ3) is 7.13. The molecule has 1 aliphatic rings. The van der Waals surface area contributed by atoms with Crippen LogP contribution in [-0.4, -0.2) is 0 Å². The first kappa shape index (κ1) is 30.8. The van der Waals surface area contributed by atoms with Crippen LogP contribution in [0.4, 0.5) is 0 Å². The van der Waals surface area contributed by atoms with Crippen LogP contribution in [0.1, 0.15) is 123 Å². The molecule has 0 N–H and O–H groups in total. The topological polar surface area (TPSA) is 0 Å². The number of benzene rings is 4. The fourth-order valence-electron chi connectivity index (χ4n) is 7.05. The molecule has 4 aromatic rings. The van der Waals surface area contributed by atoms with E-state index in [1.807, 2.05) is 0 Å². The molecule has 0 nitrogen and oxygen atoms in total. The average molecular weight is 567 g/mol. The zero-order valence-corrected chi connectivity index (χ0v) is 27.0. The molecule has 0 atom stereocenters. The van der Waals surface area contributed by atoms with Crippen molar-refractivity contribution < 1.29 is 0 Å². The van der Waals surface area contributed by atoms with Crippen LogP contribution in [0.5, 0.6) is 0 Å². The lowest BCUT2D eigenvalue weighted by Crippen LogP contribution is -2.26. The summed E-state index contributed by atoms with van der Waals surface area (Å²) in [6, 6.07) is 31.9. The highest BCUT2D eigenvalue weighted by molar-refractivity contribution is 5.93. The van der Waals surface area contributed by atoms with Crippen LogP contribution < -0.4 is 0 Å². The summed E-state index contributed by atoms with van der Waals surface area (Å²) in [6.07, 6.45) is 22.2. The Morgan fingerprint density at radius 1 is 0.512 bits per heavy atom. The molecule has 0 saturated heterocycles. The van der Waals surface area contributed by atoms with E-state index in [0.29, 0.717) is 0 Å². The number of unbranched alkanes of at least 4 members (excludes halogenated alkanes) is 6. The van der Waals surface area contributed by atoms with Crippen LogP contribution in [0.25, 0.3) is 35.4 Å². The molecule has 0 spiro atoms. The maximum atomic E-state index is 2.45. The molecular formula is C43H50. The zero-order chi connectivity index (χ0) is 30.1. The summed E-state index contributed by atoms with van der Waals surface area (Å²) in [5.74, 6) is 0. The van der Waals surface area contributed by atoms with E-state index in [-0.39, 0.29) is 5.41 Å². The van der Waals surface area contributed by atoms with Crippen molar-refractivity contribution >= 4 is 24.3 Å². The highest BCUT2D eigenvalue weighted by Crippen LogP contribution is 2.57. The fourth-order valence-corrected chi connectivity index (χ4v) is 7.05. The zero-order valence-electron chi connectivity index (χ0n) is 27.0. The Bertz CT molecular complexity index is 1520. The molecule has 0 bridgehead atoms. The minimum Gasteiger partial charge on any atom is -0.0654 e. The van der Waals surface area contributed by atoms with Gasteiger partial charge >= 0.3 is 0 Å². The van der Waals surface area contributed by atoms with Gasteiger partial charge in [0.05, 0.1) is 0 Å². The fraction of sp³-hybridized carbons (Fsp3) is 0.349. The monoisotopic (exact) mass is 566 g/mol.